The van der Waals surface area contributed by atoms with Gasteiger partial charge in [0.25, 0.3) is 0 Å². The number of carbonyl (C=O) groups is 1. The number of rotatable bonds is 4. The van der Waals surface area contributed by atoms with E-state index in [4.69, 9.17) is 20.8 Å². The number of ether oxygens (including phenoxy) is 1. The molecule has 2 atom stereocenters. The molecule has 1 aliphatic rings. The lowest BCUT2D eigenvalue weighted by atomic mass is 10.2. The van der Waals surface area contributed by atoms with E-state index < -0.39 is 6.04 Å². The Balaban J connectivity index is 2.15. The van der Waals surface area contributed by atoms with Crippen molar-refractivity contribution in [2.45, 2.75) is 38.2 Å². The van der Waals surface area contributed by atoms with Crippen molar-refractivity contribution in [3.05, 3.63) is 5.89 Å². The van der Waals surface area contributed by atoms with Crippen LogP contribution in [-0.4, -0.2) is 47.9 Å². The van der Waals surface area contributed by atoms with Crippen molar-refractivity contribution in [1.82, 2.24) is 15.5 Å². The van der Waals surface area contributed by atoms with Crippen molar-refractivity contribution in [2.24, 2.45) is 0 Å². The van der Waals surface area contributed by atoms with E-state index in [2.05, 4.69) is 15.5 Å². The Morgan fingerprint density at radius 1 is 1.45 bits per heavy atom. The zero-order chi connectivity index (χ0) is 14.7. The number of halogens is 1. The van der Waals surface area contributed by atoms with Crippen LogP contribution < -0.4 is 10.2 Å². The van der Waals surface area contributed by atoms with Crippen LogP contribution in [0.5, 0.6) is 0 Å². The molecule has 1 amide bonds. The van der Waals surface area contributed by atoms with Crippen LogP contribution in [0, 0.1) is 0 Å². The van der Waals surface area contributed by atoms with Gasteiger partial charge in [0.2, 0.25) is 11.8 Å². The van der Waals surface area contributed by atoms with Gasteiger partial charge in [-0.15, -0.1) is 16.7 Å². The summed E-state index contributed by atoms with van der Waals surface area (Å²) in [6.45, 7) is 6.90. The van der Waals surface area contributed by atoms with Crippen LogP contribution in [0.15, 0.2) is 4.42 Å². The minimum absolute atomic E-state index is 0.0624. The van der Waals surface area contributed by atoms with E-state index >= 15 is 0 Å². The third kappa shape index (κ3) is 3.40. The Hall–Kier alpha value is -1.34. The number of aromatic nitrogens is 2. The molecule has 7 nitrogen and oxygen atoms in total. The van der Waals surface area contributed by atoms with Crippen LogP contribution in [0.4, 0.5) is 6.01 Å². The van der Waals surface area contributed by atoms with Gasteiger partial charge in [-0.25, -0.2) is 0 Å². The van der Waals surface area contributed by atoms with Crippen LogP contribution in [0.3, 0.4) is 0 Å². The van der Waals surface area contributed by atoms with Gasteiger partial charge in [0.15, 0.2) is 0 Å². The number of nitrogens with zero attached hydrogens (tertiary/aromatic N) is 3. The normalized spacial score (nSPS) is 21.1. The number of amides is 1. The quantitative estimate of drug-likeness (QED) is 0.839. The predicted octanol–water partition coefficient (Wildman–Crippen LogP) is 1.10. The van der Waals surface area contributed by atoms with Gasteiger partial charge in [-0.05, 0) is 20.8 Å². The molecule has 0 spiro atoms. The number of morpholine rings is 1. The van der Waals surface area contributed by atoms with Crippen LogP contribution >= 0.6 is 11.6 Å². The van der Waals surface area contributed by atoms with E-state index in [1.165, 1.54) is 0 Å². The smallest absolute Gasteiger partial charge is 0.319 e. The SMILES string of the molecule is CC(C)NC(=O)C1COCCN1c1nnc(C(C)Cl)o1. The van der Waals surface area contributed by atoms with Crippen molar-refractivity contribution in [3.8, 4) is 0 Å². The molecule has 2 heterocycles. The van der Waals surface area contributed by atoms with E-state index in [1.807, 2.05) is 13.8 Å². The highest BCUT2D eigenvalue weighted by Gasteiger charge is 2.33. The molecule has 1 aromatic rings. The first-order chi connectivity index (χ1) is 9.49. The second kappa shape index (κ2) is 6.41. The minimum Gasteiger partial charge on any atom is -0.406 e. The molecule has 8 heteroatoms. The fourth-order valence-electron chi connectivity index (χ4n) is 1.93. The van der Waals surface area contributed by atoms with Gasteiger partial charge in [-0.1, -0.05) is 5.10 Å². The number of hydrogen-bond acceptors (Lipinski definition) is 6. The molecule has 1 aromatic heterocycles. The van der Waals surface area contributed by atoms with E-state index in [-0.39, 0.29) is 17.3 Å². The van der Waals surface area contributed by atoms with Crippen molar-refractivity contribution >= 4 is 23.5 Å². The Morgan fingerprint density at radius 3 is 2.80 bits per heavy atom. The molecule has 2 unspecified atom stereocenters. The molecule has 1 fully saturated rings. The lowest BCUT2D eigenvalue weighted by molar-refractivity contribution is -0.125. The predicted molar refractivity (Wildman–Crippen MR) is 73.8 cm³/mol. The summed E-state index contributed by atoms with van der Waals surface area (Å²) in [7, 11) is 0. The molecule has 1 saturated heterocycles. The lowest BCUT2D eigenvalue weighted by Crippen LogP contribution is -2.55. The Bertz CT molecular complexity index is 463. The van der Waals surface area contributed by atoms with E-state index in [1.54, 1.807) is 11.8 Å². The summed E-state index contributed by atoms with van der Waals surface area (Å²) in [5, 5.41) is 10.3. The highest BCUT2D eigenvalue weighted by Crippen LogP contribution is 2.24. The molecule has 20 heavy (non-hydrogen) atoms. The molecule has 1 N–H and O–H groups in total. The first-order valence-corrected chi connectivity index (χ1v) is 7.05. The highest BCUT2D eigenvalue weighted by atomic mass is 35.5. The third-order valence-corrected chi connectivity index (χ3v) is 3.06. The van der Waals surface area contributed by atoms with Crippen molar-refractivity contribution in [1.29, 1.82) is 0 Å². The monoisotopic (exact) mass is 302 g/mol. The molecule has 0 radical (unpaired) electrons. The maximum atomic E-state index is 12.2. The third-order valence-electron chi connectivity index (χ3n) is 2.88. The summed E-state index contributed by atoms with van der Waals surface area (Å²) in [5.41, 5.74) is 0. The maximum Gasteiger partial charge on any atom is 0.319 e. The van der Waals surface area contributed by atoms with Crippen molar-refractivity contribution in [2.75, 3.05) is 24.7 Å². The van der Waals surface area contributed by atoms with E-state index in [9.17, 15) is 4.79 Å². The lowest BCUT2D eigenvalue weighted by Gasteiger charge is -2.33. The zero-order valence-electron chi connectivity index (χ0n) is 11.8. The van der Waals surface area contributed by atoms with Gasteiger partial charge in [0.1, 0.15) is 11.4 Å². The zero-order valence-corrected chi connectivity index (χ0v) is 12.6. The van der Waals surface area contributed by atoms with Crippen molar-refractivity contribution in [3.63, 3.8) is 0 Å². The largest absolute Gasteiger partial charge is 0.406 e. The van der Waals surface area contributed by atoms with Gasteiger partial charge in [0, 0.05) is 12.6 Å². The average Bonchev–Trinajstić information content (AvgIpc) is 2.87. The van der Waals surface area contributed by atoms with Gasteiger partial charge in [0.05, 0.1) is 13.2 Å². The average molecular weight is 303 g/mol. The summed E-state index contributed by atoms with van der Waals surface area (Å²) < 4.78 is 10.9. The standard InChI is InChI=1S/C12H19ClN4O3/c1-7(2)14-10(18)9-6-19-5-4-17(9)12-16-15-11(20-12)8(3)13/h7-9H,4-6H2,1-3H3,(H,14,18). The number of alkyl halides is 1. The molecule has 112 valence electrons. The first kappa shape index (κ1) is 15.1. The molecule has 1 aliphatic heterocycles. The Kier molecular flexibility index (Phi) is 4.82. The van der Waals surface area contributed by atoms with E-state index in [0.717, 1.165) is 0 Å². The van der Waals surface area contributed by atoms with Gasteiger partial charge < -0.3 is 19.4 Å². The molecule has 0 bridgehead atoms. The number of carbonyl (C=O) groups excluding carboxylic acids is 1. The second-order valence-corrected chi connectivity index (χ2v) is 5.64. The topological polar surface area (TPSA) is 80.5 Å². The van der Waals surface area contributed by atoms with Gasteiger partial charge in [-0.3, -0.25) is 4.79 Å². The molecule has 2 rings (SSSR count). The molecular formula is C12H19ClN4O3. The number of hydrogen-bond donors (Lipinski definition) is 1. The summed E-state index contributed by atoms with van der Waals surface area (Å²) in [6.07, 6.45) is 0. The number of anilines is 1. The van der Waals surface area contributed by atoms with Gasteiger partial charge in [-0.2, -0.15) is 0 Å². The summed E-state index contributed by atoms with van der Waals surface area (Å²) in [4.78, 5) is 13.9. The number of nitrogens with one attached hydrogen (secondary N) is 1. The molecule has 0 aliphatic carbocycles. The second-order valence-electron chi connectivity index (χ2n) is 4.99. The fraction of sp³-hybridized carbons (Fsp3) is 0.750. The van der Waals surface area contributed by atoms with Crippen molar-refractivity contribution < 1.29 is 13.9 Å². The van der Waals surface area contributed by atoms with Crippen LogP contribution in [0.1, 0.15) is 32.0 Å². The molecule has 0 saturated carbocycles. The van der Waals surface area contributed by atoms with Crippen LogP contribution in [0.25, 0.3) is 0 Å². The first-order valence-electron chi connectivity index (χ1n) is 6.61. The minimum atomic E-state index is -0.468. The van der Waals surface area contributed by atoms with Gasteiger partial charge >= 0.3 is 6.01 Å². The Labute approximate surface area is 122 Å². The maximum absolute atomic E-state index is 12.2. The van der Waals surface area contributed by atoms with E-state index in [0.29, 0.717) is 31.7 Å². The summed E-state index contributed by atoms with van der Waals surface area (Å²) in [6, 6.07) is -0.0998. The summed E-state index contributed by atoms with van der Waals surface area (Å²) in [5.74, 6) is 0.231. The molecular weight excluding hydrogens is 284 g/mol. The van der Waals surface area contributed by atoms with Crippen LogP contribution in [0.2, 0.25) is 0 Å². The molecule has 0 aromatic carbocycles. The fourth-order valence-corrected chi connectivity index (χ4v) is 2.02. The summed E-state index contributed by atoms with van der Waals surface area (Å²) >= 11 is 5.90. The Morgan fingerprint density at radius 2 is 2.20 bits per heavy atom. The van der Waals surface area contributed by atoms with Crippen LogP contribution in [-0.2, 0) is 9.53 Å². The highest BCUT2D eigenvalue weighted by molar-refractivity contribution is 6.20.